The first-order valence-electron chi connectivity index (χ1n) is 12.7. The molecule has 188 valence electrons. The van der Waals surface area contributed by atoms with Crippen LogP contribution in [0.5, 0.6) is 5.75 Å². The van der Waals surface area contributed by atoms with Crippen LogP contribution in [0.4, 0.5) is 0 Å². The highest BCUT2D eigenvalue weighted by Crippen LogP contribution is 2.41. The van der Waals surface area contributed by atoms with Crippen molar-refractivity contribution < 1.29 is 23.2 Å². The summed E-state index contributed by atoms with van der Waals surface area (Å²) in [6, 6.07) is 23.1. The second-order valence-electron chi connectivity index (χ2n) is 9.55. The number of benzene rings is 2. The maximum Gasteiger partial charge on any atom is 0.287 e. The molecule has 2 aromatic heterocycles. The van der Waals surface area contributed by atoms with Gasteiger partial charge in [0, 0.05) is 12.5 Å². The van der Waals surface area contributed by atoms with E-state index in [1.165, 1.54) is 5.56 Å². The van der Waals surface area contributed by atoms with Crippen LogP contribution in [0.15, 0.2) is 87.9 Å². The predicted octanol–water partition coefficient (Wildman–Crippen LogP) is 5.27. The first-order chi connectivity index (χ1) is 18.2. The number of rotatable bonds is 8. The zero-order valence-corrected chi connectivity index (χ0v) is 20.4. The molecule has 2 aromatic carbocycles. The summed E-state index contributed by atoms with van der Waals surface area (Å²) >= 11 is 0. The molecule has 6 rings (SSSR count). The minimum Gasteiger partial charge on any atom is -0.486 e. The molecule has 1 saturated carbocycles. The van der Waals surface area contributed by atoms with E-state index in [9.17, 15) is 9.59 Å². The summed E-state index contributed by atoms with van der Waals surface area (Å²) in [4.78, 5) is 27.6. The zero-order chi connectivity index (χ0) is 25.2. The van der Waals surface area contributed by atoms with Crippen LogP contribution in [0.3, 0.4) is 0 Å². The van der Waals surface area contributed by atoms with Crippen molar-refractivity contribution in [2.24, 2.45) is 5.92 Å². The van der Waals surface area contributed by atoms with Crippen LogP contribution >= 0.6 is 0 Å². The molecule has 0 bridgehead atoms. The number of nitrogens with one attached hydrogen (secondary N) is 1. The summed E-state index contributed by atoms with van der Waals surface area (Å²) in [6.07, 6.45) is 4.36. The lowest BCUT2D eigenvalue weighted by atomic mass is 9.87. The van der Waals surface area contributed by atoms with Crippen molar-refractivity contribution in [3.05, 3.63) is 113 Å². The van der Waals surface area contributed by atoms with E-state index in [0.717, 1.165) is 36.9 Å². The fourth-order valence-corrected chi connectivity index (χ4v) is 4.88. The molecule has 2 aliphatic rings. The van der Waals surface area contributed by atoms with Crippen LogP contribution in [0.25, 0.3) is 0 Å². The molecule has 0 spiro atoms. The lowest BCUT2D eigenvalue weighted by Crippen LogP contribution is -2.41. The largest absolute Gasteiger partial charge is 0.486 e. The van der Waals surface area contributed by atoms with Gasteiger partial charge in [-0.25, -0.2) is 0 Å². The fourth-order valence-electron chi connectivity index (χ4n) is 4.88. The van der Waals surface area contributed by atoms with Gasteiger partial charge in [-0.05, 0) is 72.4 Å². The number of nitrogens with zero attached hydrogens (tertiary/aromatic N) is 1. The van der Waals surface area contributed by atoms with Crippen LogP contribution in [-0.4, -0.2) is 23.3 Å². The Morgan fingerprint density at radius 2 is 1.84 bits per heavy atom. The van der Waals surface area contributed by atoms with Gasteiger partial charge in [0.2, 0.25) is 5.91 Å². The van der Waals surface area contributed by atoms with Gasteiger partial charge in [0.25, 0.3) is 5.91 Å². The summed E-state index contributed by atoms with van der Waals surface area (Å²) in [5, 5.41) is 2.77. The van der Waals surface area contributed by atoms with Crippen LogP contribution in [0, 0.1) is 5.92 Å². The highest BCUT2D eigenvalue weighted by molar-refractivity contribution is 5.91. The summed E-state index contributed by atoms with van der Waals surface area (Å²) in [6.45, 7) is 1.20. The van der Waals surface area contributed by atoms with Gasteiger partial charge in [0.15, 0.2) is 5.76 Å². The number of furan rings is 2. The van der Waals surface area contributed by atoms with Crippen molar-refractivity contribution in [1.82, 2.24) is 10.2 Å². The summed E-state index contributed by atoms with van der Waals surface area (Å²) in [5.41, 5.74) is 3.43. The van der Waals surface area contributed by atoms with Crippen LogP contribution in [-0.2, 0) is 24.4 Å². The number of hydrogen-bond donors (Lipinski definition) is 1. The monoisotopic (exact) mass is 496 g/mol. The summed E-state index contributed by atoms with van der Waals surface area (Å²) in [7, 11) is 0. The molecule has 2 amide bonds. The van der Waals surface area contributed by atoms with E-state index in [1.54, 1.807) is 30.5 Å². The number of amides is 2. The van der Waals surface area contributed by atoms with Crippen LogP contribution in [0.1, 0.15) is 57.6 Å². The second-order valence-corrected chi connectivity index (χ2v) is 9.55. The third-order valence-corrected chi connectivity index (χ3v) is 6.94. The SMILES string of the molecule is O=C(NCc1ccco1)c1ccc(COc2ccc3c(c2)[C@@H](c2ccccc2)N(C(=O)C2CC2)CC3)o1. The van der Waals surface area contributed by atoms with Crippen molar-refractivity contribution in [3.63, 3.8) is 0 Å². The lowest BCUT2D eigenvalue weighted by Gasteiger charge is -2.38. The van der Waals surface area contributed by atoms with Gasteiger partial charge in [-0.1, -0.05) is 36.4 Å². The van der Waals surface area contributed by atoms with E-state index in [1.807, 2.05) is 35.2 Å². The molecule has 1 atom stereocenters. The predicted molar refractivity (Wildman–Crippen MR) is 136 cm³/mol. The fraction of sp³-hybridized carbons (Fsp3) is 0.267. The van der Waals surface area contributed by atoms with Gasteiger partial charge in [-0.2, -0.15) is 0 Å². The molecule has 3 heterocycles. The average Bonchev–Trinajstić information content (AvgIpc) is 3.44. The Balaban J connectivity index is 1.17. The Labute approximate surface area is 215 Å². The topological polar surface area (TPSA) is 84.9 Å². The molecule has 1 fully saturated rings. The number of carbonyl (C=O) groups is 2. The number of fused-ring (bicyclic) bond motifs is 1. The van der Waals surface area contributed by atoms with Crippen molar-refractivity contribution >= 4 is 11.8 Å². The summed E-state index contributed by atoms with van der Waals surface area (Å²) in [5.74, 6) is 2.22. The van der Waals surface area contributed by atoms with Gasteiger partial charge >= 0.3 is 0 Å². The average molecular weight is 497 g/mol. The smallest absolute Gasteiger partial charge is 0.287 e. The van der Waals surface area contributed by atoms with Gasteiger partial charge in [0.05, 0.1) is 18.8 Å². The quantitative estimate of drug-likeness (QED) is 0.359. The third-order valence-electron chi connectivity index (χ3n) is 6.94. The first kappa shape index (κ1) is 23.2. The van der Waals surface area contributed by atoms with Crippen molar-refractivity contribution in [3.8, 4) is 5.75 Å². The molecule has 1 N–H and O–H groups in total. The number of ether oxygens (including phenoxy) is 1. The minimum atomic E-state index is -0.317. The third kappa shape index (κ3) is 5.03. The van der Waals surface area contributed by atoms with Gasteiger partial charge in [-0.3, -0.25) is 9.59 Å². The number of carbonyl (C=O) groups excluding carboxylic acids is 2. The molecule has 0 unspecified atom stereocenters. The summed E-state index contributed by atoms with van der Waals surface area (Å²) < 4.78 is 17.0. The van der Waals surface area contributed by atoms with Gasteiger partial charge < -0.3 is 23.8 Å². The Hall–Kier alpha value is -4.26. The molecule has 4 aromatic rings. The van der Waals surface area contributed by atoms with Crippen LogP contribution < -0.4 is 10.1 Å². The van der Waals surface area contributed by atoms with Gasteiger partial charge in [-0.15, -0.1) is 0 Å². The maximum atomic E-state index is 13.2. The van der Waals surface area contributed by atoms with Gasteiger partial charge in [0.1, 0.15) is 23.9 Å². The Morgan fingerprint density at radius 3 is 2.62 bits per heavy atom. The van der Waals surface area contributed by atoms with E-state index >= 15 is 0 Å². The molecule has 7 nitrogen and oxygen atoms in total. The maximum absolute atomic E-state index is 13.2. The van der Waals surface area contributed by atoms with E-state index in [4.69, 9.17) is 13.6 Å². The number of hydrogen-bond acceptors (Lipinski definition) is 5. The molecule has 1 aliphatic heterocycles. The van der Waals surface area contributed by atoms with Crippen LogP contribution in [0.2, 0.25) is 0 Å². The second kappa shape index (κ2) is 10.0. The van der Waals surface area contributed by atoms with E-state index in [2.05, 4.69) is 23.5 Å². The Morgan fingerprint density at radius 1 is 0.973 bits per heavy atom. The Bertz CT molecular complexity index is 1390. The molecule has 37 heavy (non-hydrogen) atoms. The molecular formula is C30H28N2O5. The van der Waals surface area contributed by atoms with Crippen molar-refractivity contribution in [1.29, 1.82) is 0 Å². The highest BCUT2D eigenvalue weighted by atomic mass is 16.5. The normalized spacial score (nSPS) is 16.8. The van der Waals surface area contributed by atoms with Crippen molar-refractivity contribution in [2.45, 2.75) is 38.5 Å². The van der Waals surface area contributed by atoms with E-state index < -0.39 is 0 Å². The highest BCUT2D eigenvalue weighted by Gasteiger charge is 2.39. The Kier molecular flexibility index (Phi) is 6.26. The molecule has 1 aliphatic carbocycles. The standard InChI is InChI=1S/C30H28N2O5/c33-29(31-18-24-7-4-16-35-24)27-13-12-25(37-27)19-36-23-11-10-20-14-15-32(30(34)22-8-9-22)28(26(20)17-23)21-5-2-1-3-6-21/h1-7,10-13,16-17,22,28H,8-9,14-15,18-19H2,(H,31,33)/t28-/m1/s1. The first-order valence-corrected chi connectivity index (χ1v) is 12.7. The lowest BCUT2D eigenvalue weighted by molar-refractivity contribution is -0.134. The zero-order valence-electron chi connectivity index (χ0n) is 20.4. The minimum absolute atomic E-state index is 0.130. The molecule has 0 radical (unpaired) electrons. The van der Waals surface area contributed by atoms with E-state index in [-0.39, 0.29) is 42.7 Å². The van der Waals surface area contributed by atoms with E-state index in [0.29, 0.717) is 17.3 Å². The molecule has 7 heteroatoms. The molecule has 0 saturated heterocycles. The van der Waals surface area contributed by atoms with Crippen molar-refractivity contribution in [2.75, 3.05) is 6.54 Å². The molecular weight excluding hydrogens is 468 g/mol.